The summed E-state index contributed by atoms with van der Waals surface area (Å²) in [4.78, 5) is 4.63. The molecule has 1 aliphatic heterocycles. The molecule has 0 atom stereocenters. The Labute approximate surface area is 149 Å². The molecule has 136 valence electrons. The van der Waals surface area contributed by atoms with E-state index in [4.69, 9.17) is 4.52 Å². The largest absolute Gasteiger partial charge is 0.360 e. The van der Waals surface area contributed by atoms with Gasteiger partial charge in [0.05, 0.1) is 18.8 Å². The van der Waals surface area contributed by atoms with Crippen LogP contribution in [0.2, 0.25) is 0 Å². The molecule has 4 rings (SSSR count). The number of piperidine rings is 1. The van der Waals surface area contributed by atoms with E-state index in [2.05, 4.69) is 43.8 Å². The summed E-state index contributed by atoms with van der Waals surface area (Å²) in [7, 11) is 4.19. The van der Waals surface area contributed by atoms with Crippen molar-refractivity contribution in [3.8, 4) is 0 Å². The van der Waals surface area contributed by atoms with Gasteiger partial charge in [0.1, 0.15) is 11.6 Å². The van der Waals surface area contributed by atoms with Crippen molar-refractivity contribution in [2.24, 2.45) is 0 Å². The van der Waals surface area contributed by atoms with E-state index in [9.17, 15) is 0 Å². The fourth-order valence-electron chi connectivity index (χ4n) is 3.80. The molecule has 1 aliphatic carbocycles. The van der Waals surface area contributed by atoms with Crippen molar-refractivity contribution >= 4 is 0 Å². The SMILES string of the molecule is Cc1cc(CN2CCC(c3nnc(CN(C)C)n3C3CC3)CC2)on1. The predicted molar refractivity (Wildman–Crippen MR) is 94.2 cm³/mol. The lowest BCUT2D eigenvalue weighted by molar-refractivity contribution is 0.180. The number of aryl methyl sites for hydroxylation is 1. The summed E-state index contributed by atoms with van der Waals surface area (Å²) in [5, 5.41) is 13.1. The molecule has 3 heterocycles. The lowest BCUT2D eigenvalue weighted by atomic mass is 9.95. The molecule has 1 saturated heterocycles. The Morgan fingerprint density at radius 1 is 1.16 bits per heavy atom. The lowest BCUT2D eigenvalue weighted by Gasteiger charge is -2.31. The van der Waals surface area contributed by atoms with Crippen molar-refractivity contribution < 1.29 is 4.52 Å². The highest BCUT2D eigenvalue weighted by Crippen LogP contribution is 2.40. The van der Waals surface area contributed by atoms with Crippen molar-refractivity contribution in [3.05, 3.63) is 29.2 Å². The molecule has 2 aromatic rings. The minimum absolute atomic E-state index is 0.525. The van der Waals surface area contributed by atoms with Crippen LogP contribution in [0.3, 0.4) is 0 Å². The fraction of sp³-hybridized carbons (Fsp3) is 0.722. The van der Waals surface area contributed by atoms with E-state index in [1.54, 1.807) is 0 Å². The average Bonchev–Trinajstić information content (AvgIpc) is 3.21. The molecule has 7 heteroatoms. The normalized spacial score (nSPS) is 19.8. The smallest absolute Gasteiger partial charge is 0.150 e. The van der Waals surface area contributed by atoms with Crippen LogP contribution >= 0.6 is 0 Å². The van der Waals surface area contributed by atoms with Gasteiger partial charge in [-0.05, 0) is 59.8 Å². The van der Waals surface area contributed by atoms with Crippen molar-refractivity contribution in [1.82, 2.24) is 29.7 Å². The van der Waals surface area contributed by atoms with Crippen LogP contribution in [0.25, 0.3) is 0 Å². The molecule has 2 aliphatic rings. The molecule has 25 heavy (non-hydrogen) atoms. The highest BCUT2D eigenvalue weighted by molar-refractivity contribution is 5.09. The third kappa shape index (κ3) is 3.77. The summed E-state index contributed by atoms with van der Waals surface area (Å²) in [5.74, 6) is 3.83. The van der Waals surface area contributed by atoms with E-state index in [0.29, 0.717) is 12.0 Å². The summed E-state index contributed by atoms with van der Waals surface area (Å²) in [6, 6.07) is 2.67. The van der Waals surface area contributed by atoms with Crippen LogP contribution in [-0.4, -0.2) is 56.9 Å². The van der Waals surface area contributed by atoms with Gasteiger partial charge in [0, 0.05) is 18.0 Å². The maximum absolute atomic E-state index is 5.35. The van der Waals surface area contributed by atoms with E-state index >= 15 is 0 Å². The van der Waals surface area contributed by atoms with E-state index in [1.807, 2.05) is 13.0 Å². The summed E-state index contributed by atoms with van der Waals surface area (Å²) in [6.07, 6.45) is 4.82. The van der Waals surface area contributed by atoms with E-state index in [0.717, 1.165) is 56.3 Å². The van der Waals surface area contributed by atoms with Gasteiger partial charge in [-0.3, -0.25) is 4.90 Å². The molecule has 0 radical (unpaired) electrons. The number of hydrogen-bond acceptors (Lipinski definition) is 6. The quantitative estimate of drug-likeness (QED) is 0.801. The van der Waals surface area contributed by atoms with Crippen LogP contribution in [0.15, 0.2) is 10.6 Å². The van der Waals surface area contributed by atoms with Crippen molar-refractivity contribution in [3.63, 3.8) is 0 Å². The van der Waals surface area contributed by atoms with Gasteiger partial charge in [0.25, 0.3) is 0 Å². The second-order valence-electron chi connectivity index (χ2n) is 7.80. The number of rotatable bonds is 6. The Balaban J connectivity index is 1.41. The standard InChI is InChI=1S/C18H28N6O/c1-13-10-16(25-21-13)11-23-8-6-14(7-9-23)18-20-19-17(12-22(2)3)24(18)15-4-5-15/h10,14-15H,4-9,11-12H2,1-3H3. The maximum Gasteiger partial charge on any atom is 0.150 e. The predicted octanol–water partition coefficient (Wildman–Crippen LogP) is 2.35. The van der Waals surface area contributed by atoms with Crippen molar-refractivity contribution in [1.29, 1.82) is 0 Å². The first-order valence-corrected chi connectivity index (χ1v) is 9.33. The number of hydrogen-bond donors (Lipinski definition) is 0. The first-order chi connectivity index (χ1) is 12.1. The van der Waals surface area contributed by atoms with Crippen LogP contribution in [0.4, 0.5) is 0 Å². The van der Waals surface area contributed by atoms with Gasteiger partial charge in [0.15, 0.2) is 5.76 Å². The fourth-order valence-corrected chi connectivity index (χ4v) is 3.80. The zero-order valence-corrected chi connectivity index (χ0v) is 15.5. The Morgan fingerprint density at radius 3 is 2.52 bits per heavy atom. The Morgan fingerprint density at radius 2 is 1.92 bits per heavy atom. The van der Waals surface area contributed by atoms with Crippen LogP contribution < -0.4 is 0 Å². The topological polar surface area (TPSA) is 63.2 Å². The monoisotopic (exact) mass is 344 g/mol. The first kappa shape index (κ1) is 16.7. The molecule has 0 unspecified atom stereocenters. The van der Waals surface area contributed by atoms with Gasteiger partial charge in [-0.2, -0.15) is 0 Å². The highest BCUT2D eigenvalue weighted by atomic mass is 16.5. The second-order valence-corrected chi connectivity index (χ2v) is 7.80. The van der Waals surface area contributed by atoms with Gasteiger partial charge in [0.2, 0.25) is 0 Å². The molecular weight excluding hydrogens is 316 g/mol. The summed E-state index contributed by atoms with van der Waals surface area (Å²) in [5.41, 5.74) is 0.954. The van der Waals surface area contributed by atoms with E-state index < -0.39 is 0 Å². The number of aromatic nitrogens is 4. The van der Waals surface area contributed by atoms with Crippen LogP contribution in [-0.2, 0) is 13.1 Å². The molecule has 0 spiro atoms. The zero-order chi connectivity index (χ0) is 17.4. The summed E-state index contributed by atoms with van der Waals surface area (Å²) in [6.45, 7) is 5.84. The molecule has 2 aromatic heterocycles. The lowest BCUT2D eigenvalue weighted by Crippen LogP contribution is -2.33. The van der Waals surface area contributed by atoms with Crippen LogP contribution in [0.5, 0.6) is 0 Å². The molecule has 2 fully saturated rings. The van der Waals surface area contributed by atoms with Gasteiger partial charge >= 0.3 is 0 Å². The number of nitrogens with zero attached hydrogens (tertiary/aromatic N) is 6. The summed E-state index contributed by atoms with van der Waals surface area (Å²) >= 11 is 0. The third-order valence-corrected chi connectivity index (χ3v) is 5.17. The van der Waals surface area contributed by atoms with E-state index in [-0.39, 0.29) is 0 Å². The second kappa shape index (κ2) is 6.88. The summed E-state index contributed by atoms with van der Waals surface area (Å²) < 4.78 is 7.80. The average molecular weight is 344 g/mol. The van der Waals surface area contributed by atoms with Crippen molar-refractivity contribution in [2.75, 3.05) is 27.2 Å². The van der Waals surface area contributed by atoms with Gasteiger partial charge in [-0.1, -0.05) is 5.16 Å². The Kier molecular flexibility index (Phi) is 4.60. The maximum atomic E-state index is 5.35. The van der Waals surface area contributed by atoms with Gasteiger partial charge in [-0.15, -0.1) is 10.2 Å². The van der Waals surface area contributed by atoms with Gasteiger partial charge < -0.3 is 14.0 Å². The van der Waals surface area contributed by atoms with Gasteiger partial charge in [-0.25, -0.2) is 0 Å². The zero-order valence-electron chi connectivity index (χ0n) is 15.5. The molecule has 0 aromatic carbocycles. The minimum atomic E-state index is 0.525. The number of likely N-dealkylation sites (tertiary alicyclic amines) is 1. The first-order valence-electron chi connectivity index (χ1n) is 9.33. The molecule has 0 bridgehead atoms. The Bertz CT molecular complexity index is 709. The molecule has 7 nitrogen and oxygen atoms in total. The molecule has 1 saturated carbocycles. The van der Waals surface area contributed by atoms with Crippen molar-refractivity contribution in [2.45, 2.75) is 57.7 Å². The molecule has 0 amide bonds. The highest BCUT2D eigenvalue weighted by Gasteiger charge is 2.33. The molecule has 0 N–H and O–H groups in total. The van der Waals surface area contributed by atoms with E-state index in [1.165, 1.54) is 18.7 Å². The molecular formula is C18H28N6O. The van der Waals surface area contributed by atoms with Crippen LogP contribution in [0.1, 0.15) is 60.7 Å². The minimum Gasteiger partial charge on any atom is -0.360 e. The third-order valence-electron chi connectivity index (χ3n) is 5.17. The van der Waals surface area contributed by atoms with Crippen LogP contribution in [0, 0.1) is 6.92 Å². The Hall–Kier alpha value is -1.73.